The standard InChI is InChI=1S/C26H28FN3O4/c1-34-19-4-2-16(3-5-19)14-29-10-8-17(9-11-29)20-12-18-15-30(26(33)21(18)13-22(20)27)23-6-7-24(31)28-25(23)32/h2-5,12-13,17,23H,6-11,14-15H2,1H3,(H,28,31,32). The van der Waals surface area contributed by atoms with E-state index in [0.717, 1.165) is 43.8 Å². The van der Waals surface area contributed by atoms with Gasteiger partial charge in [-0.1, -0.05) is 18.2 Å². The minimum atomic E-state index is -0.690. The highest BCUT2D eigenvalue weighted by atomic mass is 19.1. The molecule has 2 saturated heterocycles. The number of carbonyl (C=O) groups is 3. The molecule has 0 saturated carbocycles. The summed E-state index contributed by atoms with van der Waals surface area (Å²) < 4.78 is 20.3. The molecule has 3 aliphatic heterocycles. The second-order valence-corrected chi connectivity index (χ2v) is 9.33. The number of benzene rings is 2. The summed E-state index contributed by atoms with van der Waals surface area (Å²) in [5.74, 6) is -0.546. The number of ether oxygens (including phenoxy) is 1. The van der Waals surface area contributed by atoms with Crippen LogP contribution in [0.3, 0.4) is 0 Å². The Labute approximate surface area is 197 Å². The van der Waals surface area contributed by atoms with Gasteiger partial charge in [0.25, 0.3) is 5.91 Å². The molecule has 1 N–H and O–H groups in total. The molecule has 2 fully saturated rings. The molecular formula is C26H28FN3O4. The van der Waals surface area contributed by atoms with Crippen LogP contribution in [0.15, 0.2) is 36.4 Å². The molecule has 3 heterocycles. The van der Waals surface area contributed by atoms with Crippen molar-refractivity contribution in [1.82, 2.24) is 15.1 Å². The zero-order valence-corrected chi connectivity index (χ0v) is 19.2. The van der Waals surface area contributed by atoms with Crippen molar-refractivity contribution in [2.75, 3.05) is 20.2 Å². The third kappa shape index (κ3) is 4.30. The quantitative estimate of drug-likeness (QED) is 0.687. The van der Waals surface area contributed by atoms with E-state index in [0.29, 0.717) is 17.5 Å². The van der Waals surface area contributed by atoms with Crippen LogP contribution in [0.4, 0.5) is 4.39 Å². The molecule has 34 heavy (non-hydrogen) atoms. The lowest BCUT2D eigenvalue weighted by atomic mass is 9.87. The lowest BCUT2D eigenvalue weighted by Gasteiger charge is -2.32. The summed E-state index contributed by atoms with van der Waals surface area (Å²) in [4.78, 5) is 40.4. The summed E-state index contributed by atoms with van der Waals surface area (Å²) in [7, 11) is 1.65. The second kappa shape index (κ2) is 9.18. The van der Waals surface area contributed by atoms with Crippen molar-refractivity contribution >= 4 is 17.7 Å². The van der Waals surface area contributed by atoms with E-state index in [2.05, 4.69) is 22.3 Å². The Hall–Kier alpha value is -3.26. The minimum Gasteiger partial charge on any atom is -0.497 e. The van der Waals surface area contributed by atoms with Crippen LogP contribution < -0.4 is 10.1 Å². The Morgan fingerprint density at radius 2 is 1.79 bits per heavy atom. The first-order valence-corrected chi connectivity index (χ1v) is 11.7. The maximum Gasteiger partial charge on any atom is 0.255 e. The zero-order chi connectivity index (χ0) is 23.8. The van der Waals surface area contributed by atoms with Gasteiger partial charge in [0.1, 0.15) is 17.6 Å². The number of nitrogens with zero attached hydrogens (tertiary/aromatic N) is 2. The second-order valence-electron chi connectivity index (χ2n) is 9.33. The van der Waals surface area contributed by atoms with Gasteiger partial charge >= 0.3 is 0 Å². The summed E-state index contributed by atoms with van der Waals surface area (Å²) >= 11 is 0. The SMILES string of the molecule is COc1ccc(CN2CCC(c3cc4c(cc3F)C(=O)N(C3CCC(=O)NC3=O)C4)CC2)cc1. The number of piperidine rings is 2. The molecule has 3 amide bonds. The smallest absolute Gasteiger partial charge is 0.255 e. The van der Waals surface area contributed by atoms with E-state index in [4.69, 9.17) is 4.74 Å². The molecule has 2 aromatic carbocycles. The van der Waals surface area contributed by atoms with E-state index in [1.54, 1.807) is 7.11 Å². The third-order valence-electron chi connectivity index (χ3n) is 7.23. The first-order valence-electron chi connectivity index (χ1n) is 11.7. The predicted octanol–water partition coefficient (Wildman–Crippen LogP) is 2.97. The van der Waals surface area contributed by atoms with Crippen LogP contribution in [0.1, 0.15) is 58.6 Å². The average Bonchev–Trinajstić information content (AvgIpc) is 3.15. The topological polar surface area (TPSA) is 79.0 Å². The maximum absolute atomic E-state index is 15.1. The summed E-state index contributed by atoms with van der Waals surface area (Å²) in [5, 5.41) is 2.30. The van der Waals surface area contributed by atoms with Gasteiger partial charge in [-0.15, -0.1) is 0 Å². The van der Waals surface area contributed by atoms with Crippen molar-refractivity contribution in [2.24, 2.45) is 0 Å². The zero-order valence-electron chi connectivity index (χ0n) is 19.2. The first kappa shape index (κ1) is 22.5. The van der Waals surface area contributed by atoms with E-state index in [9.17, 15) is 14.4 Å². The van der Waals surface area contributed by atoms with Gasteiger partial charge in [0.15, 0.2) is 0 Å². The van der Waals surface area contributed by atoms with E-state index < -0.39 is 11.9 Å². The Morgan fingerprint density at radius 1 is 1.06 bits per heavy atom. The molecule has 3 aliphatic rings. The van der Waals surface area contributed by atoms with Gasteiger partial charge in [-0.25, -0.2) is 4.39 Å². The third-order valence-corrected chi connectivity index (χ3v) is 7.23. The molecule has 5 rings (SSSR count). The number of fused-ring (bicyclic) bond motifs is 1. The van der Waals surface area contributed by atoms with Crippen LogP contribution in [0.25, 0.3) is 0 Å². The van der Waals surface area contributed by atoms with Gasteiger partial charge in [-0.3, -0.25) is 24.6 Å². The highest BCUT2D eigenvalue weighted by Crippen LogP contribution is 2.35. The molecule has 1 unspecified atom stereocenters. The van der Waals surface area contributed by atoms with Gasteiger partial charge in [-0.2, -0.15) is 0 Å². The van der Waals surface area contributed by atoms with E-state index in [1.165, 1.54) is 16.5 Å². The minimum absolute atomic E-state index is 0.0946. The molecule has 2 aromatic rings. The number of amides is 3. The molecule has 0 aliphatic carbocycles. The molecule has 178 valence electrons. The highest BCUT2D eigenvalue weighted by molar-refractivity contribution is 6.05. The fourth-order valence-corrected chi connectivity index (χ4v) is 5.31. The summed E-state index contributed by atoms with van der Waals surface area (Å²) in [6.45, 7) is 2.85. The fourth-order valence-electron chi connectivity index (χ4n) is 5.31. The molecular weight excluding hydrogens is 437 g/mol. The number of halogens is 1. The normalized spacial score (nSPS) is 21.5. The molecule has 0 radical (unpaired) electrons. The molecule has 0 aromatic heterocycles. The summed E-state index contributed by atoms with van der Waals surface area (Å²) in [5.41, 5.74) is 2.95. The fraction of sp³-hybridized carbons (Fsp3) is 0.423. The number of carbonyl (C=O) groups excluding carboxylic acids is 3. The van der Waals surface area contributed by atoms with Crippen molar-refractivity contribution in [3.63, 3.8) is 0 Å². The molecule has 0 bridgehead atoms. The number of rotatable bonds is 5. The van der Waals surface area contributed by atoms with Crippen molar-refractivity contribution in [1.29, 1.82) is 0 Å². The number of imide groups is 1. The monoisotopic (exact) mass is 465 g/mol. The highest BCUT2D eigenvalue weighted by Gasteiger charge is 2.40. The summed E-state index contributed by atoms with van der Waals surface area (Å²) in [6, 6.07) is 10.5. The number of hydrogen-bond acceptors (Lipinski definition) is 5. The van der Waals surface area contributed by atoms with Crippen LogP contribution >= 0.6 is 0 Å². The van der Waals surface area contributed by atoms with E-state index in [-0.39, 0.29) is 36.5 Å². The van der Waals surface area contributed by atoms with Gasteiger partial charge in [-0.05, 0) is 73.2 Å². The average molecular weight is 466 g/mol. The van der Waals surface area contributed by atoms with Gasteiger partial charge in [0.05, 0.1) is 7.11 Å². The van der Waals surface area contributed by atoms with Crippen LogP contribution in [0, 0.1) is 5.82 Å². The maximum atomic E-state index is 15.1. The van der Waals surface area contributed by atoms with Crippen LogP contribution in [0.5, 0.6) is 5.75 Å². The largest absolute Gasteiger partial charge is 0.497 e. The Bertz CT molecular complexity index is 1130. The number of methoxy groups -OCH3 is 1. The first-order chi connectivity index (χ1) is 16.4. The van der Waals surface area contributed by atoms with Gasteiger partial charge in [0, 0.05) is 25.1 Å². The number of likely N-dealkylation sites (tertiary alicyclic amines) is 1. The lowest BCUT2D eigenvalue weighted by Crippen LogP contribution is -2.52. The van der Waals surface area contributed by atoms with Gasteiger partial charge in [0.2, 0.25) is 11.8 Å². The Kier molecular flexibility index (Phi) is 6.08. The molecule has 8 heteroatoms. The molecule has 0 spiro atoms. The van der Waals surface area contributed by atoms with Crippen LogP contribution in [0.2, 0.25) is 0 Å². The predicted molar refractivity (Wildman–Crippen MR) is 123 cm³/mol. The van der Waals surface area contributed by atoms with E-state index in [1.807, 2.05) is 18.2 Å². The van der Waals surface area contributed by atoms with Crippen molar-refractivity contribution in [3.05, 3.63) is 64.5 Å². The van der Waals surface area contributed by atoms with Crippen LogP contribution in [-0.4, -0.2) is 53.8 Å². The van der Waals surface area contributed by atoms with Crippen molar-refractivity contribution in [3.8, 4) is 5.75 Å². The molecule has 1 atom stereocenters. The van der Waals surface area contributed by atoms with Gasteiger partial charge < -0.3 is 9.64 Å². The number of hydrogen-bond donors (Lipinski definition) is 1. The van der Waals surface area contributed by atoms with Crippen molar-refractivity contribution in [2.45, 2.75) is 50.7 Å². The van der Waals surface area contributed by atoms with Crippen molar-refractivity contribution < 1.29 is 23.5 Å². The Balaban J connectivity index is 1.25. The number of nitrogens with one attached hydrogen (secondary N) is 1. The van der Waals surface area contributed by atoms with Crippen LogP contribution in [-0.2, 0) is 22.7 Å². The lowest BCUT2D eigenvalue weighted by molar-refractivity contribution is -0.136. The summed E-state index contributed by atoms with van der Waals surface area (Å²) in [6.07, 6.45) is 2.19. The molecule has 7 nitrogen and oxygen atoms in total. The van der Waals surface area contributed by atoms with E-state index >= 15 is 4.39 Å². The Morgan fingerprint density at radius 3 is 2.47 bits per heavy atom.